The van der Waals surface area contributed by atoms with E-state index in [1.807, 2.05) is 24.3 Å². The van der Waals surface area contributed by atoms with E-state index in [1.165, 1.54) is 0 Å². The zero-order chi connectivity index (χ0) is 14.7. The van der Waals surface area contributed by atoms with E-state index in [0.717, 1.165) is 9.13 Å². The number of carbonyl (C=O) groups is 2. The van der Waals surface area contributed by atoms with E-state index in [-0.39, 0.29) is 6.03 Å². The second kappa shape index (κ2) is 6.25. The molecule has 1 aromatic rings. The zero-order valence-electron chi connectivity index (χ0n) is 11.2. The van der Waals surface area contributed by atoms with Crippen molar-refractivity contribution in [1.29, 1.82) is 0 Å². The first-order valence-corrected chi connectivity index (χ1v) is 7.31. The maximum Gasteiger partial charge on any atom is 0.338 e. The third-order valence-electron chi connectivity index (χ3n) is 2.95. The summed E-state index contributed by atoms with van der Waals surface area (Å²) in [7, 11) is 0. The predicted octanol–water partition coefficient (Wildman–Crippen LogP) is 2.48. The standard InChI is InChI=1S/C14H15IN2O3/c1-3-20-13(18)11-8(2)16-14(19)17-12(11)9-5-4-6-10(15)7-9/h4-7,12H,3H2,1-2H3,(H2,16,17,19)/t12-/m1/s1. The minimum Gasteiger partial charge on any atom is -0.463 e. The first-order valence-electron chi connectivity index (χ1n) is 6.23. The molecule has 0 saturated heterocycles. The van der Waals surface area contributed by atoms with Crippen LogP contribution in [0.2, 0.25) is 0 Å². The van der Waals surface area contributed by atoms with Crippen molar-refractivity contribution in [2.45, 2.75) is 19.9 Å². The summed E-state index contributed by atoms with van der Waals surface area (Å²) in [4.78, 5) is 23.8. The molecule has 1 aliphatic rings. The number of amides is 2. The van der Waals surface area contributed by atoms with Crippen LogP contribution in [0.3, 0.4) is 0 Å². The van der Waals surface area contributed by atoms with E-state index >= 15 is 0 Å². The Hall–Kier alpha value is -1.57. The lowest BCUT2D eigenvalue weighted by Gasteiger charge is -2.28. The van der Waals surface area contributed by atoms with Gasteiger partial charge in [-0.15, -0.1) is 0 Å². The van der Waals surface area contributed by atoms with Gasteiger partial charge in [0.15, 0.2) is 0 Å². The number of urea groups is 1. The fraction of sp³-hybridized carbons (Fsp3) is 0.286. The number of nitrogens with one attached hydrogen (secondary N) is 2. The Morgan fingerprint density at radius 2 is 2.20 bits per heavy atom. The van der Waals surface area contributed by atoms with Gasteiger partial charge in [0.25, 0.3) is 0 Å². The average molecular weight is 386 g/mol. The first kappa shape index (κ1) is 14.8. The van der Waals surface area contributed by atoms with Gasteiger partial charge in [0.1, 0.15) is 0 Å². The molecule has 1 aliphatic heterocycles. The highest BCUT2D eigenvalue weighted by molar-refractivity contribution is 14.1. The highest BCUT2D eigenvalue weighted by Crippen LogP contribution is 2.28. The van der Waals surface area contributed by atoms with Crippen LogP contribution in [0.4, 0.5) is 4.79 Å². The molecule has 20 heavy (non-hydrogen) atoms. The van der Waals surface area contributed by atoms with Gasteiger partial charge in [-0.25, -0.2) is 9.59 Å². The number of carbonyl (C=O) groups excluding carboxylic acids is 2. The Morgan fingerprint density at radius 1 is 1.45 bits per heavy atom. The fourth-order valence-corrected chi connectivity index (χ4v) is 2.68. The molecule has 0 aromatic heterocycles. The van der Waals surface area contributed by atoms with Gasteiger partial charge in [-0.05, 0) is 54.1 Å². The summed E-state index contributed by atoms with van der Waals surface area (Å²) >= 11 is 2.19. The maximum absolute atomic E-state index is 12.1. The molecule has 0 saturated carbocycles. The number of benzene rings is 1. The molecular weight excluding hydrogens is 371 g/mol. The molecule has 1 atom stereocenters. The highest BCUT2D eigenvalue weighted by atomic mass is 127. The molecular formula is C14H15IN2O3. The molecule has 2 rings (SSSR count). The van der Waals surface area contributed by atoms with Gasteiger partial charge < -0.3 is 15.4 Å². The summed E-state index contributed by atoms with van der Waals surface area (Å²) in [5.74, 6) is -0.415. The molecule has 1 aromatic carbocycles. The van der Waals surface area contributed by atoms with Gasteiger partial charge in [-0.2, -0.15) is 0 Å². The minimum absolute atomic E-state index is 0.294. The van der Waals surface area contributed by atoms with Crippen LogP contribution in [0.25, 0.3) is 0 Å². The summed E-state index contributed by atoms with van der Waals surface area (Å²) in [5.41, 5.74) is 1.82. The van der Waals surface area contributed by atoms with E-state index in [0.29, 0.717) is 17.9 Å². The molecule has 5 nitrogen and oxygen atoms in total. The van der Waals surface area contributed by atoms with Crippen molar-refractivity contribution in [2.75, 3.05) is 6.61 Å². The average Bonchev–Trinajstić information content (AvgIpc) is 2.37. The number of halogens is 1. The summed E-state index contributed by atoms with van der Waals surface area (Å²) < 4.78 is 6.11. The summed E-state index contributed by atoms with van der Waals surface area (Å²) in [6.45, 7) is 3.75. The van der Waals surface area contributed by atoms with Crippen LogP contribution in [0.1, 0.15) is 25.5 Å². The number of hydrogen-bond donors (Lipinski definition) is 2. The lowest BCUT2D eigenvalue weighted by molar-refractivity contribution is -0.139. The van der Waals surface area contributed by atoms with Crippen molar-refractivity contribution in [3.8, 4) is 0 Å². The summed E-state index contributed by atoms with van der Waals surface area (Å²) in [6.07, 6.45) is 0. The molecule has 2 amide bonds. The van der Waals surface area contributed by atoms with Crippen LogP contribution < -0.4 is 10.6 Å². The second-order valence-corrected chi connectivity index (χ2v) is 5.59. The second-order valence-electron chi connectivity index (χ2n) is 4.35. The SMILES string of the molecule is CCOC(=O)C1=C(C)NC(=O)N[C@@H]1c1cccc(I)c1. The van der Waals surface area contributed by atoms with Crippen molar-refractivity contribution in [1.82, 2.24) is 10.6 Å². The minimum atomic E-state index is -0.488. The normalized spacial score (nSPS) is 18.4. The van der Waals surface area contributed by atoms with E-state index < -0.39 is 12.0 Å². The van der Waals surface area contributed by atoms with Crippen molar-refractivity contribution in [3.63, 3.8) is 0 Å². The van der Waals surface area contributed by atoms with Gasteiger partial charge in [0.05, 0.1) is 18.2 Å². The van der Waals surface area contributed by atoms with Crippen LogP contribution in [-0.2, 0) is 9.53 Å². The lowest BCUT2D eigenvalue weighted by atomic mass is 9.96. The summed E-state index contributed by atoms with van der Waals surface area (Å²) in [6, 6.07) is 6.85. The Labute approximate surface area is 130 Å². The van der Waals surface area contributed by atoms with Crippen LogP contribution in [0.15, 0.2) is 35.5 Å². The third kappa shape index (κ3) is 3.12. The van der Waals surface area contributed by atoms with Gasteiger partial charge in [-0.1, -0.05) is 12.1 Å². The van der Waals surface area contributed by atoms with Crippen LogP contribution >= 0.6 is 22.6 Å². The van der Waals surface area contributed by atoms with E-state index in [2.05, 4.69) is 33.2 Å². The monoisotopic (exact) mass is 386 g/mol. The molecule has 0 aliphatic carbocycles. The zero-order valence-corrected chi connectivity index (χ0v) is 13.4. The molecule has 0 bridgehead atoms. The predicted molar refractivity (Wildman–Crippen MR) is 82.9 cm³/mol. The number of allylic oxidation sites excluding steroid dienone is 1. The maximum atomic E-state index is 12.1. The lowest BCUT2D eigenvalue weighted by Crippen LogP contribution is -2.45. The third-order valence-corrected chi connectivity index (χ3v) is 3.62. The summed E-state index contributed by atoms with van der Waals surface area (Å²) in [5, 5.41) is 5.38. The molecule has 0 fully saturated rings. The molecule has 2 N–H and O–H groups in total. The van der Waals surface area contributed by atoms with Crippen molar-refractivity contribution < 1.29 is 14.3 Å². The molecule has 0 spiro atoms. The van der Waals surface area contributed by atoms with Gasteiger partial charge >= 0.3 is 12.0 Å². The van der Waals surface area contributed by atoms with Crippen LogP contribution in [0, 0.1) is 3.57 Å². The smallest absolute Gasteiger partial charge is 0.338 e. The van der Waals surface area contributed by atoms with Gasteiger partial charge in [-0.3, -0.25) is 0 Å². The number of esters is 1. The number of hydrogen-bond acceptors (Lipinski definition) is 3. The molecule has 1 heterocycles. The van der Waals surface area contributed by atoms with Crippen LogP contribution in [0.5, 0.6) is 0 Å². The van der Waals surface area contributed by atoms with Gasteiger partial charge in [0.2, 0.25) is 0 Å². The van der Waals surface area contributed by atoms with E-state index in [4.69, 9.17) is 4.74 Å². The molecule has 6 heteroatoms. The molecule has 106 valence electrons. The molecule has 0 unspecified atom stereocenters. The Morgan fingerprint density at radius 3 is 2.85 bits per heavy atom. The highest BCUT2D eigenvalue weighted by Gasteiger charge is 2.31. The largest absolute Gasteiger partial charge is 0.463 e. The quantitative estimate of drug-likeness (QED) is 0.620. The fourth-order valence-electron chi connectivity index (χ4n) is 2.11. The Bertz CT molecular complexity index is 584. The Balaban J connectivity index is 2.44. The van der Waals surface area contributed by atoms with Gasteiger partial charge in [0, 0.05) is 9.27 Å². The Kier molecular flexibility index (Phi) is 4.64. The van der Waals surface area contributed by atoms with Crippen molar-refractivity contribution in [3.05, 3.63) is 44.7 Å². The topological polar surface area (TPSA) is 67.4 Å². The van der Waals surface area contributed by atoms with E-state index in [1.54, 1.807) is 13.8 Å². The van der Waals surface area contributed by atoms with Crippen molar-refractivity contribution in [2.24, 2.45) is 0 Å². The van der Waals surface area contributed by atoms with E-state index in [9.17, 15) is 9.59 Å². The number of rotatable bonds is 3. The van der Waals surface area contributed by atoms with Crippen molar-refractivity contribution >= 4 is 34.6 Å². The van der Waals surface area contributed by atoms with Crippen LogP contribution in [-0.4, -0.2) is 18.6 Å². The molecule has 0 radical (unpaired) electrons. The first-order chi connectivity index (χ1) is 9.52. The number of ether oxygens (including phenoxy) is 1.